The Morgan fingerprint density at radius 3 is 2.09 bits per heavy atom. The van der Waals surface area contributed by atoms with Crippen LogP contribution >= 0.6 is 0 Å². The van der Waals surface area contributed by atoms with Crippen LogP contribution in [0.1, 0.15) is 46.3 Å². The highest BCUT2D eigenvalue weighted by atomic mass is 16.6. The van der Waals surface area contributed by atoms with Crippen LogP contribution in [0.5, 0.6) is 0 Å². The molecule has 0 radical (unpaired) electrons. The van der Waals surface area contributed by atoms with Crippen LogP contribution in [0.15, 0.2) is 42.5 Å². The topological polar surface area (TPSA) is 29.5 Å². The lowest BCUT2D eigenvalue weighted by Crippen LogP contribution is -2.42. The first-order valence-corrected chi connectivity index (χ1v) is 7.87. The molecule has 3 heteroatoms. The molecule has 0 bridgehead atoms. The van der Waals surface area contributed by atoms with Gasteiger partial charge in [0.1, 0.15) is 6.10 Å². The summed E-state index contributed by atoms with van der Waals surface area (Å²) in [6.45, 7) is 9.93. The van der Waals surface area contributed by atoms with Crippen molar-refractivity contribution < 1.29 is 9.53 Å². The van der Waals surface area contributed by atoms with Crippen molar-refractivity contribution in [2.24, 2.45) is 0 Å². The highest BCUT2D eigenvalue weighted by molar-refractivity contribution is 5.83. The first-order chi connectivity index (χ1) is 10.4. The van der Waals surface area contributed by atoms with E-state index in [0.29, 0.717) is 0 Å². The molecule has 0 N–H and O–H groups in total. The van der Waals surface area contributed by atoms with Gasteiger partial charge in [0.25, 0.3) is 0 Å². The van der Waals surface area contributed by atoms with Gasteiger partial charge in [-0.3, -0.25) is 0 Å². The third-order valence-electron chi connectivity index (χ3n) is 3.84. The summed E-state index contributed by atoms with van der Waals surface area (Å²) < 4.78 is 5.66. The lowest BCUT2D eigenvalue weighted by atomic mass is 10.0. The van der Waals surface area contributed by atoms with Gasteiger partial charge in [0.2, 0.25) is 0 Å². The fourth-order valence-corrected chi connectivity index (χ4v) is 2.76. The molecule has 22 heavy (non-hydrogen) atoms. The number of rotatable bonds is 4. The first kappa shape index (κ1) is 16.3. The SMILES string of the molecule is CC(OC(=O)N(C(C)C)C(C)C)c1ccc2ccccc2c1. The second kappa shape index (κ2) is 6.82. The molecule has 0 aliphatic heterocycles. The quantitative estimate of drug-likeness (QED) is 0.780. The monoisotopic (exact) mass is 299 g/mol. The van der Waals surface area contributed by atoms with Gasteiger partial charge in [0.15, 0.2) is 0 Å². The summed E-state index contributed by atoms with van der Waals surface area (Å²) in [4.78, 5) is 14.1. The van der Waals surface area contributed by atoms with E-state index >= 15 is 0 Å². The van der Waals surface area contributed by atoms with Crippen LogP contribution in [0.4, 0.5) is 4.79 Å². The standard InChI is InChI=1S/C19H25NO2/c1-13(2)20(14(3)4)19(21)22-15(5)17-11-10-16-8-6-7-9-18(16)12-17/h6-15H,1-5H3. The molecule has 2 aromatic carbocycles. The van der Waals surface area contributed by atoms with E-state index in [1.165, 1.54) is 5.39 Å². The van der Waals surface area contributed by atoms with Gasteiger partial charge in [-0.05, 0) is 57.0 Å². The molecule has 0 aromatic heterocycles. The maximum absolute atomic E-state index is 12.4. The van der Waals surface area contributed by atoms with Crippen LogP contribution in [0.25, 0.3) is 10.8 Å². The zero-order valence-corrected chi connectivity index (χ0v) is 14.0. The molecule has 0 aliphatic rings. The zero-order valence-electron chi connectivity index (χ0n) is 14.0. The van der Waals surface area contributed by atoms with Crippen molar-refractivity contribution in [3.8, 4) is 0 Å². The van der Waals surface area contributed by atoms with Crippen molar-refractivity contribution in [3.63, 3.8) is 0 Å². The van der Waals surface area contributed by atoms with Crippen LogP contribution in [-0.4, -0.2) is 23.1 Å². The molecule has 3 nitrogen and oxygen atoms in total. The maximum Gasteiger partial charge on any atom is 0.410 e. The molecule has 118 valence electrons. The summed E-state index contributed by atoms with van der Waals surface area (Å²) >= 11 is 0. The molecule has 1 unspecified atom stereocenters. The highest BCUT2D eigenvalue weighted by Crippen LogP contribution is 2.23. The Morgan fingerprint density at radius 2 is 1.50 bits per heavy atom. The van der Waals surface area contributed by atoms with Gasteiger partial charge in [-0.15, -0.1) is 0 Å². The molecule has 1 amide bonds. The van der Waals surface area contributed by atoms with Crippen LogP contribution < -0.4 is 0 Å². The molecule has 0 spiro atoms. The summed E-state index contributed by atoms with van der Waals surface area (Å²) in [5.74, 6) is 0. The average Bonchev–Trinajstić information content (AvgIpc) is 2.45. The number of hydrogen-bond acceptors (Lipinski definition) is 2. The Bertz CT molecular complexity index is 641. The highest BCUT2D eigenvalue weighted by Gasteiger charge is 2.23. The number of benzene rings is 2. The second-order valence-corrected chi connectivity index (χ2v) is 6.23. The van der Waals surface area contributed by atoms with Crippen molar-refractivity contribution in [1.82, 2.24) is 4.90 Å². The molecule has 0 fully saturated rings. The van der Waals surface area contributed by atoms with Gasteiger partial charge in [-0.1, -0.05) is 36.4 Å². The third-order valence-corrected chi connectivity index (χ3v) is 3.84. The molecular weight excluding hydrogens is 274 g/mol. The number of fused-ring (bicyclic) bond motifs is 1. The number of carbonyl (C=O) groups is 1. The minimum absolute atomic E-state index is 0.122. The minimum Gasteiger partial charge on any atom is -0.442 e. The van der Waals surface area contributed by atoms with Crippen molar-refractivity contribution in [1.29, 1.82) is 0 Å². The molecule has 0 saturated heterocycles. The third kappa shape index (κ3) is 3.59. The van der Waals surface area contributed by atoms with Gasteiger partial charge < -0.3 is 9.64 Å². The average molecular weight is 299 g/mol. The Morgan fingerprint density at radius 1 is 0.909 bits per heavy atom. The van der Waals surface area contributed by atoms with Crippen molar-refractivity contribution in [2.75, 3.05) is 0 Å². The number of ether oxygens (including phenoxy) is 1. The van der Waals surface area contributed by atoms with E-state index in [2.05, 4.69) is 24.3 Å². The molecule has 2 aromatic rings. The van der Waals surface area contributed by atoms with E-state index in [9.17, 15) is 4.79 Å². The van der Waals surface area contributed by atoms with Crippen LogP contribution in [0, 0.1) is 0 Å². The maximum atomic E-state index is 12.4. The summed E-state index contributed by atoms with van der Waals surface area (Å²) in [5.41, 5.74) is 1.01. The minimum atomic E-state index is -0.267. The van der Waals surface area contributed by atoms with Gasteiger partial charge in [0, 0.05) is 12.1 Å². The Hall–Kier alpha value is -2.03. The fraction of sp³-hybridized carbons (Fsp3) is 0.421. The van der Waals surface area contributed by atoms with Crippen LogP contribution in [-0.2, 0) is 4.74 Å². The van der Waals surface area contributed by atoms with E-state index in [1.54, 1.807) is 4.90 Å². The van der Waals surface area contributed by atoms with Crippen LogP contribution in [0.2, 0.25) is 0 Å². The van der Waals surface area contributed by atoms with Gasteiger partial charge in [0.05, 0.1) is 0 Å². The number of hydrogen-bond donors (Lipinski definition) is 0. The van der Waals surface area contributed by atoms with Crippen molar-refractivity contribution in [2.45, 2.75) is 52.8 Å². The molecule has 1 atom stereocenters. The van der Waals surface area contributed by atoms with E-state index in [4.69, 9.17) is 4.74 Å². The smallest absolute Gasteiger partial charge is 0.410 e. The van der Waals surface area contributed by atoms with E-state index in [0.717, 1.165) is 10.9 Å². The summed E-state index contributed by atoms with van der Waals surface area (Å²) in [5, 5.41) is 2.35. The van der Waals surface area contributed by atoms with Crippen molar-refractivity contribution in [3.05, 3.63) is 48.0 Å². The van der Waals surface area contributed by atoms with E-state index < -0.39 is 0 Å². The first-order valence-electron chi connectivity index (χ1n) is 7.87. The van der Waals surface area contributed by atoms with Gasteiger partial charge >= 0.3 is 6.09 Å². The predicted molar refractivity (Wildman–Crippen MR) is 91.0 cm³/mol. The summed E-state index contributed by atoms with van der Waals surface area (Å²) in [7, 11) is 0. The Kier molecular flexibility index (Phi) is 5.07. The zero-order chi connectivity index (χ0) is 16.3. The summed E-state index contributed by atoms with van der Waals surface area (Å²) in [6, 6.07) is 14.6. The normalized spacial score (nSPS) is 12.7. The molecule has 2 rings (SSSR count). The van der Waals surface area contributed by atoms with E-state index in [-0.39, 0.29) is 24.3 Å². The molecule has 0 heterocycles. The number of amides is 1. The lowest BCUT2D eigenvalue weighted by molar-refractivity contribution is 0.0512. The van der Waals surface area contributed by atoms with Gasteiger partial charge in [-0.25, -0.2) is 4.79 Å². The molecular formula is C19H25NO2. The van der Waals surface area contributed by atoms with Crippen LogP contribution in [0.3, 0.4) is 0 Å². The second-order valence-electron chi connectivity index (χ2n) is 6.23. The lowest BCUT2D eigenvalue weighted by Gasteiger charge is -2.31. The largest absolute Gasteiger partial charge is 0.442 e. The predicted octanol–water partition coefficient (Wildman–Crippen LogP) is 5.16. The Balaban J connectivity index is 2.16. The number of nitrogens with zero attached hydrogens (tertiary/aromatic N) is 1. The van der Waals surface area contributed by atoms with E-state index in [1.807, 2.05) is 52.8 Å². The van der Waals surface area contributed by atoms with Crippen molar-refractivity contribution >= 4 is 16.9 Å². The fourth-order valence-electron chi connectivity index (χ4n) is 2.76. The van der Waals surface area contributed by atoms with Gasteiger partial charge in [-0.2, -0.15) is 0 Å². The number of carbonyl (C=O) groups excluding carboxylic acids is 1. The Labute approximate surface area is 132 Å². The summed E-state index contributed by atoms with van der Waals surface area (Å²) in [6.07, 6.45) is -0.525. The molecule has 0 aliphatic carbocycles. The molecule has 0 saturated carbocycles.